The standard InChI is InChI=1S/C13H10BClF2O3/c15-9-3-1-8(2-4-9)7-20-11-6-5-10(16)12(13(11)17)14(18)19/h1-6,18-19H,7H2. The van der Waals surface area contributed by atoms with Crippen LogP contribution in [0.2, 0.25) is 5.02 Å². The first-order chi connectivity index (χ1) is 9.49. The molecule has 0 atom stereocenters. The van der Waals surface area contributed by atoms with E-state index in [4.69, 9.17) is 26.4 Å². The van der Waals surface area contributed by atoms with Crippen molar-refractivity contribution in [2.75, 3.05) is 0 Å². The van der Waals surface area contributed by atoms with Crippen molar-refractivity contribution in [3.8, 4) is 5.75 Å². The summed E-state index contributed by atoms with van der Waals surface area (Å²) in [6, 6.07) is 8.72. The summed E-state index contributed by atoms with van der Waals surface area (Å²) in [5, 5.41) is 18.4. The molecule has 0 radical (unpaired) electrons. The highest BCUT2D eigenvalue weighted by Gasteiger charge is 2.24. The van der Waals surface area contributed by atoms with Crippen molar-refractivity contribution in [2.45, 2.75) is 6.61 Å². The molecule has 0 amide bonds. The Morgan fingerprint density at radius 2 is 1.70 bits per heavy atom. The number of hydrogen-bond donors (Lipinski definition) is 2. The first-order valence-corrected chi connectivity index (χ1v) is 6.08. The van der Waals surface area contributed by atoms with Crippen LogP contribution < -0.4 is 10.2 Å². The molecule has 0 fully saturated rings. The molecule has 0 spiro atoms. The molecule has 2 N–H and O–H groups in total. The summed E-state index contributed by atoms with van der Waals surface area (Å²) in [6.45, 7) is 0.0423. The minimum absolute atomic E-state index is 0.0423. The SMILES string of the molecule is OB(O)c1c(F)ccc(OCc2ccc(Cl)cc2)c1F. The van der Waals surface area contributed by atoms with Crippen LogP contribution in [0.4, 0.5) is 8.78 Å². The average Bonchev–Trinajstić information content (AvgIpc) is 2.39. The van der Waals surface area contributed by atoms with Gasteiger partial charge in [0.15, 0.2) is 11.6 Å². The number of rotatable bonds is 4. The van der Waals surface area contributed by atoms with Gasteiger partial charge in [0.25, 0.3) is 0 Å². The van der Waals surface area contributed by atoms with Crippen LogP contribution in [-0.2, 0) is 6.61 Å². The zero-order valence-corrected chi connectivity index (χ0v) is 10.9. The van der Waals surface area contributed by atoms with E-state index in [1.54, 1.807) is 24.3 Å². The van der Waals surface area contributed by atoms with Gasteiger partial charge in [0.2, 0.25) is 0 Å². The van der Waals surface area contributed by atoms with E-state index in [2.05, 4.69) is 0 Å². The highest BCUT2D eigenvalue weighted by molar-refractivity contribution is 6.58. The van der Waals surface area contributed by atoms with Crippen LogP contribution in [0.15, 0.2) is 36.4 Å². The lowest BCUT2D eigenvalue weighted by Crippen LogP contribution is -2.36. The number of halogens is 3. The zero-order valence-electron chi connectivity index (χ0n) is 10.2. The molecule has 0 aliphatic heterocycles. The topological polar surface area (TPSA) is 49.7 Å². The summed E-state index contributed by atoms with van der Waals surface area (Å²) in [5.41, 5.74) is -0.0946. The van der Waals surface area contributed by atoms with Crippen LogP contribution in [0.1, 0.15) is 5.56 Å². The molecule has 3 nitrogen and oxygen atoms in total. The normalized spacial score (nSPS) is 10.4. The molecule has 0 aromatic heterocycles. The van der Waals surface area contributed by atoms with Crippen molar-refractivity contribution >= 4 is 24.2 Å². The monoisotopic (exact) mass is 298 g/mol. The molecule has 0 bridgehead atoms. The third kappa shape index (κ3) is 3.28. The average molecular weight is 298 g/mol. The molecule has 7 heteroatoms. The van der Waals surface area contributed by atoms with Gasteiger partial charge in [-0.05, 0) is 29.8 Å². The van der Waals surface area contributed by atoms with E-state index in [9.17, 15) is 8.78 Å². The van der Waals surface area contributed by atoms with E-state index in [-0.39, 0.29) is 12.4 Å². The summed E-state index contributed by atoms with van der Waals surface area (Å²) in [6.07, 6.45) is 0. The smallest absolute Gasteiger partial charge is 0.486 e. The Bertz CT molecular complexity index is 605. The van der Waals surface area contributed by atoms with E-state index in [1.807, 2.05) is 0 Å². The largest absolute Gasteiger partial charge is 0.494 e. The Balaban J connectivity index is 2.18. The molecule has 0 aliphatic rings. The van der Waals surface area contributed by atoms with Gasteiger partial charge in [-0.1, -0.05) is 23.7 Å². The molecule has 0 saturated heterocycles. The second kappa shape index (κ2) is 6.22. The Morgan fingerprint density at radius 1 is 1.05 bits per heavy atom. The first-order valence-electron chi connectivity index (χ1n) is 5.70. The van der Waals surface area contributed by atoms with Gasteiger partial charge in [-0.15, -0.1) is 0 Å². The molecule has 104 valence electrons. The minimum Gasteiger partial charge on any atom is -0.486 e. The molecule has 2 aromatic rings. The van der Waals surface area contributed by atoms with Crippen molar-refractivity contribution in [3.63, 3.8) is 0 Å². The Kier molecular flexibility index (Phi) is 4.59. The summed E-state index contributed by atoms with van der Waals surface area (Å²) >= 11 is 5.73. The number of benzene rings is 2. The van der Waals surface area contributed by atoms with Crippen LogP contribution in [0.3, 0.4) is 0 Å². The quantitative estimate of drug-likeness (QED) is 0.847. The maximum absolute atomic E-state index is 13.8. The third-order valence-electron chi connectivity index (χ3n) is 2.66. The van der Waals surface area contributed by atoms with Gasteiger partial charge in [-0.3, -0.25) is 0 Å². The van der Waals surface area contributed by atoms with Gasteiger partial charge in [-0.25, -0.2) is 8.78 Å². The van der Waals surface area contributed by atoms with E-state index >= 15 is 0 Å². The maximum atomic E-state index is 13.8. The lowest BCUT2D eigenvalue weighted by molar-refractivity contribution is 0.289. The van der Waals surface area contributed by atoms with Gasteiger partial charge in [-0.2, -0.15) is 0 Å². The van der Waals surface area contributed by atoms with E-state index in [0.29, 0.717) is 5.02 Å². The predicted octanol–water partition coefficient (Wildman–Crippen LogP) is 1.88. The fourth-order valence-electron chi connectivity index (χ4n) is 1.64. The molecule has 0 aliphatic carbocycles. The summed E-state index contributed by atoms with van der Waals surface area (Å²) in [4.78, 5) is 0. The number of ether oxygens (including phenoxy) is 1. The summed E-state index contributed by atoms with van der Waals surface area (Å²) < 4.78 is 32.3. The fourth-order valence-corrected chi connectivity index (χ4v) is 1.77. The Hall–Kier alpha value is -1.63. The highest BCUT2D eigenvalue weighted by Crippen LogP contribution is 2.18. The van der Waals surface area contributed by atoms with Crippen LogP contribution >= 0.6 is 11.6 Å². The molecular weight excluding hydrogens is 288 g/mol. The van der Waals surface area contributed by atoms with Crippen molar-refractivity contribution in [3.05, 3.63) is 58.6 Å². The molecular formula is C13H10BClF2O3. The van der Waals surface area contributed by atoms with E-state index < -0.39 is 24.2 Å². The van der Waals surface area contributed by atoms with Crippen LogP contribution in [0.25, 0.3) is 0 Å². The second-order valence-corrected chi connectivity index (χ2v) is 4.50. The van der Waals surface area contributed by atoms with Gasteiger partial charge >= 0.3 is 7.12 Å². The Labute approximate surface area is 119 Å². The van der Waals surface area contributed by atoms with Crippen LogP contribution in [-0.4, -0.2) is 17.2 Å². The maximum Gasteiger partial charge on any atom is 0.494 e. The molecule has 2 aromatic carbocycles. The number of hydrogen-bond acceptors (Lipinski definition) is 3. The minimum atomic E-state index is -2.24. The van der Waals surface area contributed by atoms with E-state index in [0.717, 1.165) is 17.7 Å². The second-order valence-electron chi connectivity index (χ2n) is 4.06. The highest BCUT2D eigenvalue weighted by atomic mass is 35.5. The molecule has 0 saturated carbocycles. The third-order valence-corrected chi connectivity index (χ3v) is 2.91. The lowest BCUT2D eigenvalue weighted by Gasteiger charge is -2.11. The Morgan fingerprint density at radius 3 is 2.30 bits per heavy atom. The molecule has 2 rings (SSSR count). The van der Waals surface area contributed by atoms with Crippen molar-refractivity contribution < 1.29 is 23.6 Å². The fraction of sp³-hybridized carbons (Fsp3) is 0.0769. The zero-order chi connectivity index (χ0) is 14.7. The van der Waals surface area contributed by atoms with Crippen LogP contribution in [0, 0.1) is 11.6 Å². The van der Waals surface area contributed by atoms with Crippen LogP contribution in [0.5, 0.6) is 5.75 Å². The predicted molar refractivity (Wildman–Crippen MR) is 72.0 cm³/mol. The van der Waals surface area contributed by atoms with Gasteiger partial charge < -0.3 is 14.8 Å². The van der Waals surface area contributed by atoms with Crippen molar-refractivity contribution in [1.82, 2.24) is 0 Å². The van der Waals surface area contributed by atoms with Gasteiger partial charge in [0.1, 0.15) is 12.4 Å². The molecule has 20 heavy (non-hydrogen) atoms. The van der Waals surface area contributed by atoms with Gasteiger partial charge in [0, 0.05) is 5.02 Å². The molecule has 0 heterocycles. The molecule has 0 unspecified atom stereocenters. The van der Waals surface area contributed by atoms with Gasteiger partial charge in [0.05, 0.1) is 5.46 Å². The van der Waals surface area contributed by atoms with Crippen molar-refractivity contribution in [1.29, 1.82) is 0 Å². The summed E-state index contributed by atoms with van der Waals surface area (Å²) in [7, 11) is -2.24. The van der Waals surface area contributed by atoms with Crippen molar-refractivity contribution in [2.24, 2.45) is 0 Å². The summed E-state index contributed by atoms with van der Waals surface area (Å²) in [5.74, 6) is -2.44. The van der Waals surface area contributed by atoms with E-state index in [1.165, 1.54) is 0 Å². The lowest BCUT2D eigenvalue weighted by atomic mass is 9.79. The first kappa shape index (κ1) is 14.8.